The van der Waals surface area contributed by atoms with Crippen molar-refractivity contribution in [3.05, 3.63) is 23.3 Å². The molecule has 0 radical (unpaired) electrons. The lowest BCUT2D eigenvalue weighted by Crippen LogP contribution is -2.31. The molecule has 1 aromatic rings. The zero-order valence-electron chi connectivity index (χ0n) is 11.9. The first-order chi connectivity index (χ1) is 9.65. The van der Waals surface area contributed by atoms with Gasteiger partial charge in [0.2, 0.25) is 0 Å². The van der Waals surface area contributed by atoms with E-state index in [1.54, 1.807) is 6.07 Å². The number of nitrogens with one attached hydrogen (secondary N) is 1. The summed E-state index contributed by atoms with van der Waals surface area (Å²) in [5, 5.41) is 3.31. The van der Waals surface area contributed by atoms with Crippen molar-refractivity contribution in [2.24, 2.45) is 5.92 Å². The van der Waals surface area contributed by atoms with Gasteiger partial charge in [-0.1, -0.05) is 0 Å². The van der Waals surface area contributed by atoms with Gasteiger partial charge in [-0.3, -0.25) is 0 Å². The lowest BCUT2D eigenvalue weighted by atomic mass is 9.90. The highest BCUT2D eigenvalue weighted by molar-refractivity contribution is 5.48. The van der Waals surface area contributed by atoms with Gasteiger partial charge in [0.05, 0.1) is 14.2 Å². The first kappa shape index (κ1) is 15.0. The molecule has 0 bridgehead atoms. The number of rotatable bonds is 5. The van der Waals surface area contributed by atoms with Gasteiger partial charge in [-0.25, -0.2) is 8.78 Å². The Labute approximate surface area is 118 Å². The molecule has 0 amide bonds. The molecular formula is C15H21F2NO2. The van der Waals surface area contributed by atoms with Gasteiger partial charge in [0, 0.05) is 5.56 Å². The first-order valence-corrected chi connectivity index (χ1v) is 6.89. The smallest absolute Gasteiger partial charge is 0.264 e. The fourth-order valence-corrected chi connectivity index (χ4v) is 2.73. The van der Waals surface area contributed by atoms with E-state index in [1.807, 2.05) is 0 Å². The highest BCUT2D eigenvalue weighted by Crippen LogP contribution is 2.36. The van der Waals surface area contributed by atoms with Crippen LogP contribution in [0.5, 0.6) is 11.5 Å². The van der Waals surface area contributed by atoms with E-state index in [2.05, 4.69) is 5.32 Å². The number of ether oxygens (including phenoxy) is 2. The van der Waals surface area contributed by atoms with Gasteiger partial charge in [0.1, 0.15) is 0 Å². The number of halogens is 2. The molecule has 1 saturated heterocycles. The molecule has 2 rings (SSSR count). The van der Waals surface area contributed by atoms with Gasteiger partial charge in [-0.05, 0) is 56.0 Å². The molecule has 0 spiro atoms. The predicted molar refractivity (Wildman–Crippen MR) is 73.8 cm³/mol. The average molecular weight is 285 g/mol. The van der Waals surface area contributed by atoms with E-state index in [0.29, 0.717) is 29.4 Å². The molecule has 1 atom stereocenters. The van der Waals surface area contributed by atoms with Crippen molar-refractivity contribution in [1.82, 2.24) is 5.32 Å². The van der Waals surface area contributed by atoms with E-state index >= 15 is 0 Å². The topological polar surface area (TPSA) is 30.5 Å². The van der Waals surface area contributed by atoms with Crippen molar-refractivity contribution < 1.29 is 18.3 Å². The standard InChI is InChI=1S/C15H21F2NO2/c1-19-13-7-11(6-10-4-3-5-18-9-10)12(15(16)17)8-14(13)20-2/h7-8,10,15,18H,3-6,9H2,1-2H3. The van der Waals surface area contributed by atoms with Crippen molar-refractivity contribution in [1.29, 1.82) is 0 Å². The van der Waals surface area contributed by atoms with Crippen LogP contribution in [-0.2, 0) is 6.42 Å². The molecule has 0 aliphatic carbocycles. The summed E-state index contributed by atoms with van der Waals surface area (Å²) in [5.74, 6) is 1.27. The van der Waals surface area contributed by atoms with Gasteiger partial charge in [0.25, 0.3) is 6.43 Å². The minimum Gasteiger partial charge on any atom is -0.493 e. The molecular weight excluding hydrogens is 264 g/mol. The SMILES string of the molecule is COc1cc(CC2CCCNC2)c(C(F)F)cc1OC. The second-order valence-corrected chi connectivity index (χ2v) is 5.12. The van der Waals surface area contributed by atoms with Crippen LogP contribution in [0, 0.1) is 5.92 Å². The Hall–Kier alpha value is -1.36. The van der Waals surface area contributed by atoms with Crippen molar-refractivity contribution in [3.8, 4) is 11.5 Å². The minimum absolute atomic E-state index is 0.0493. The number of piperidine rings is 1. The maximum absolute atomic E-state index is 13.2. The summed E-state index contributed by atoms with van der Waals surface area (Å²) in [5.41, 5.74) is 0.708. The maximum atomic E-state index is 13.2. The summed E-state index contributed by atoms with van der Waals surface area (Å²) in [6.45, 7) is 1.90. The first-order valence-electron chi connectivity index (χ1n) is 6.89. The second-order valence-electron chi connectivity index (χ2n) is 5.12. The molecule has 1 aliphatic rings. The lowest BCUT2D eigenvalue weighted by molar-refractivity contribution is 0.149. The van der Waals surface area contributed by atoms with Gasteiger partial charge < -0.3 is 14.8 Å². The normalized spacial score (nSPS) is 19.1. The average Bonchev–Trinajstić information content (AvgIpc) is 2.47. The van der Waals surface area contributed by atoms with E-state index in [1.165, 1.54) is 20.3 Å². The number of methoxy groups -OCH3 is 2. The Morgan fingerprint density at radius 2 is 1.95 bits per heavy atom. The molecule has 1 fully saturated rings. The van der Waals surface area contributed by atoms with Crippen LogP contribution in [0.15, 0.2) is 12.1 Å². The highest BCUT2D eigenvalue weighted by Gasteiger charge is 2.21. The number of alkyl halides is 2. The zero-order chi connectivity index (χ0) is 14.5. The van der Waals surface area contributed by atoms with Gasteiger partial charge in [0.15, 0.2) is 11.5 Å². The van der Waals surface area contributed by atoms with Gasteiger partial charge in [-0.15, -0.1) is 0 Å². The van der Waals surface area contributed by atoms with Gasteiger partial charge in [-0.2, -0.15) is 0 Å². The summed E-state index contributed by atoms with van der Waals surface area (Å²) < 4.78 is 36.8. The Balaban J connectivity index is 2.28. The van der Waals surface area contributed by atoms with E-state index in [-0.39, 0.29) is 5.56 Å². The molecule has 0 saturated carbocycles. The number of hydrogen-bond donors (Lipinski definition) is 1. The van der Waals surface area contributed by atoms with E-state index in [4.69, 9.17) is 9.47 Å². The number of hydrogen-bond acceptors (Lipinski definition) is 3. The molecule has 1 unspecified atom stereocenters. The van der Waals surface area contributed by atoms with Crippen LogP contribution < -0.4 is 14.8 Å². The number of benzene rings is 1. The van der Waals surface area contributed by atoms with Crippen molar-refractivity contribution in [2.75, 3.05) is 27.3 Å². The highest BCUT2D eigenvalue weighted by atomic mass is 19.3. The van der Waals surface area contributed by atoms with Crippen LogP contribution in [0.2, 0.25) is 0 Å². The Bertz CT molecular complexity index is 446. The molecule has 1 aromatic carbocycles. The third-order valence-electron chi connectivity index (χ3n) is 3.79. The van der Waals surface area contributed by atoms with E-state index in [9.17, 15) is 8.78 Å². The second kappa shape index (κ2) is 6.88. The van der Waals surface area contributed by atoms with Gasteiger partial charge >= 0.3 is 0 Å². The minimum atomic E-state index is -2.50. The summed E-state index contributed by atoms with van der Waals surface area (Å²) in [6.07, 6.45) is 0.320. The van der Waals surface area contributed by atoms with Crippen LogP contribution in [0.4, 0.5) is 8.78 Å². The molecule has 20 heavy (non-hydrogen) atoms. The van der Waals surface area contributed by atoms with Crippen LogP contribution in [-0.4, -0.2) is 27.3 Å². The van der Waals surface area contributed by atoms with Crippen molar-refractivity contribution >= 4 is 0 Å². The fourth-order valence-electron chi connectivity index (χ4n) is 2.73. The monoisotopic (exact) mass is 285 g/mol. The van der Waals surface area contributed by atoms with Crippen LogP contribution in [0.3, 0.4) is 0 Å². The third kappa shape index (κ3) is 3.39. The Morgan fingerprint density at radius 3 is 2.50 bits per heavy atom. The predicted octanol–water partition coefficient (Wildman–Crippen LogP) is 3.18. The largest absolute Gasteiger partial charge is 0.493 e. The maximum Gasteiger partial charge on any atom is 0.264 e. The molecule has 0 aromatic heterocycles. The van der Waals surface area contributed by atoms with Crippen LogP contribution in [0.25, 0.3) is 0 Å². The summed E-state index contributed by atoms with van der Waals surface area (Å²) in [4.78, 5) is 0. The van der Waals surface area contributed by atoms with Crippen molar-refractivity contribution in [2.45, 2.75) is 25.7 Å². The molecule has 112 valence electrons. The summed E-state index contributed by atoms with van der Waals surface area (Å²) >= 11 is 0. The van der Waals surface area contributed by atoms with E-state index in [0.717, 1.165) is 25.9 Å². The Morgan fingerprint density at radius 1 is 1.25 bits per heavy atom. The molecule has 3 nitrogen and oxygen atoms in total. The molecule has 1 heterocycles. The van der Waals surface area contributed by atoms with E-state index < -0.39 is 6.43 Å². The van der Waals surface area contributed by atoms with Crippen LogP contribution in [0.1, 0.15) is 30.4 Å². The molecule has 1 aliphatic heterocycles. The zero-order valence-corrected chi connectivity index (χ0v) is 11.9. The summed E-state index contributed by atoms with van der Waals surface area (Å²) in [6, 6.07) is 3.09. The fraction of sp³-hybridized carbons (Fsp3) is 0.600. The summed E-state index contributed by atoms with van der Waals surface area (Å²) in [7, 11) is 2.98. The lowest BCUT2D eigenvalue weighted by Gasteiger charge is -2.24. The quantitative estimate of drug-likeness (QED) is 0.901. The molecule has 1 N–H and O–H groups in total. The third-order valence-corrected chi connectivity index (χ3v) is 3.79. The van der Waals surface area contributed by atoms with Crippen LogP contribution >= 0.6 is 0 Å². The van der Waals surface area contributed by atoms with Crippen molar-refractivity contribution in [3.63, 3.8) is 0 Å². The molecule has 5 heteroatoms. The Kier molecular flexibility index (Phi) is 5.17.